The zero-order valence-corrected chi connectivity index (χ0v) is 11.9. The maximum absolute atomic E-state index is 12.3. The number of quaternary nitrogens is 1. The van der Waals surface area contributed by atoms with Crippen LogP contribution in [0.5, 0.6) is 0 Å². The summed E-state index contributed by atoms with van der Waals surface area (Å²) in [5.74, 6) is 0.133. The van der Waals surface area contributed by atoms with E-state index < -0.39 is 0 Å². The fourth-order valence-corrected chi connectivity index (χ4v) is 2.64. The lowest BCUT2D eigenvalue weighted by Gasteiger charge is -2.31. The minimum Gasteiger partial charge on any atom is -0.329 e. The number of hydrogen-bond donors (Lipinski definition) is 1. The SMILES string of the molecule is C=CC[NH+]1CCN(C(=O)c2cccc(Br)c2)CC1. The first kappa shape index (κ1) is 13.3. The van der Waals surface area contributed by atoms with Crippen molar-refractivity contribution in [2.75, 3.05) is 32.7 Å². The maximum atomic E-state index is 12.3. The van der Waals surface area contributed by atoms with E-state index in [1.54, 1.807) is 0 Å². The van der Waals surface area contributed by atoms with Gasteiger partial charge in [-0.3, -0.25) is 4.79 Å². The molecule has 1 saturated heterocycles. The van der Waals surface area contributed by atoms with Gasteiger partial charge in [-0.2, -0.15) is 0 Å². The highest BCUT2D eigenvalue weighted by Gasteiger charge is 2.23. The molecule has 0 atom stereocenters. The fourth-order valence-electron chi connectivity index (χ4n) is 2.24. The first-order valence-corrected chi connectivity index (χ1v) is 6.99. The van der Waals surface area contributed by atoms with Gasteiger partial charge in [0.15, 0.2) is 0 Å². The molecule has 0 unspecified atom stereocenters. The summed E-state index contributed by atoms with van der Waals surface area (Å²) in [5.41, 5.74) is 0.761. The number of hydrogen-bond acceptors (Lipinski definition) is 1. The zero-order valence-electron chi connectivity index (χ0n) is 10.4. The van der Waals surface area contributed by atoms with E-state index in [0.717, 1.165) is 42.8 Å². The average Bonchev–Trinajstić information content (AvgIpc) is 2.39. The summed E-state index contributed by atoms with van der Waals surface area (Å²) in [4.78, 5) is 15.7. The van der Waals surface area contributed by atoms with E-state index in [0.29, 0.717) is 0 Å². The fraction of sp³-hybridized carbons (Fsp3) is 0.357. The lowest BCUT2D eigenvalue weighted by molar-refractivity contribution is -0.898. The van der Waals surface area contributed by atoms with E-state index in [9.17, 15) is 4.79 Å². The summed E-state index contributed by atoms with van der Waals surface area (Å²) in [6, 6.07) is 7.58. The van der Waals surface area contributed by atoms with Gasteiger partial charge in [-0.05, 0) is 24.3 Å². The second kappa shape index (κ2) is 6.16. The van der Waals surface area contributed by atoms with Crippen LogP contribution in [0.1, 0.15) is 10.4 Å². The van der Waals surface area contributed by atoms with Gasteiger partial charge in [0.25, 0.3) is 5.91 Å². The van der Waals surface area contributed by atoms with Crippen LogP contribution in [0.15, 0.2) is 41.4 Å². The summed E-state index contributed by atoms with van der Waals surface area (Å²) in [6.07, 6.45) is 1.95. The number of carbonyl (C=O) groups excluding carboxylic acids is 1. The molecular weight excluding hydrogens is 292 g/mol. The number of benzene rings is 1. The number of carbonyl (C=O) groups is 1. The minimum atomic E-state index is 0.133. The van der Waals surface area contributed by atoms with Crippen molar-refractivity contribution in [3.05, 3.63) is 47.0 Å². The predicted molar refractivity (Wildman–Crippen MR) is 75.8 cm³/mol. The van der Waals surface area contributed by atoms with Crippen LogP contribution in [-0.4, -0.2) is 43.5 Å². The molecule has 1 aliphatic heterocycles. The molecule has 1 fully saturated rings. The molecular formula is C14H18BrN2O+. The smallest absolute Gasteiger partial charge is 0.254 e. The Balaban J connectivity index is 1.97. The normalized spacial score (nSPS) is 16.6. The molecule has 0 bridgehead atoms. The lowest BCUT2D eigenvalue weighted by Crippen LogP contribution is -3.14. The molecule has 1 aromatic rings. The summed E-state index contributed by atoms with van der Waals surface area (Å²) in [5, 5.41) is 0. The number of rotatable bonds is 3. The molecule has 0 aliphatic carbocycles. The summed E-state index contributed by atoms with van der Waals surface area (Å²) in [7, 11) is 0. The van der Waals surface area contributed by atoms with Crippen molar-refractivity contribution in [2.45, 2.75) is 0 Å². The van der Waals surface area contributed by atoms with Gasteiger partial charge in [0.1, 0.15) is 0 Å². The molecule has 3 nitrogen and oxygen atoms in total. The Kier molecular flexibility index (Phi) is 4.55. The van der Waals surface area contributed by atoms with E-state index in [2.05, 4.69) is 22.5 Å². The second-order valence-corrected chi connectivity index (χ2v) is 5.46. The minimum absolute atomic E-state index is 0.133. The number of piperazine rings is 1. The van der Waals surface area contributed by atoms with Gasteiger partial charge in [0.2, 0.25) is 0 Å². The van der Waals surface area contributed by atoms with Gasteiger partial charge in [0, 0.05) is 10.0 Å². The van der Waals surface area contributed by atoms with E-state index in [-0.39, 0.29) is 5.91 Å². The van der Waals surface area contributed by atoms with Gasteiger partial charge >= 0.3 is 0 Å². The summed E-state index contributed by atoms with van der Waals surface area (Å²) < 4.78 is 0.948. The average molecular weight is 310 g/mol. The molecule has 0 aromatic heterocycles. The van der Waals surface area contributed by atoms with Gasteiger partial charge in [-0.15, -0.1) is 0 Å². The molecule has 1 aromatic carbocycles. The number of amides is 1. The maximum Gasteiger partial charge on any atom is 0.254 e. The molecule has 1 amide bonds. The highest BCUT2D eigenvalue weighted by atomic mass is 79.9. The third kappa shape index (κ3) is 3.21. The molecule has 1 N–H and O–H groups in total. The highest BCUT2D eigenvalue weighted by Crippen LogP contribution is 2.13. The van der Waals surface area contributed by atoms with E-state index in [1.165, 1.54) is 4.90 Å². The van der Waals surface area contributed by atoms with Gasteiger partial charge in [-0.1, -0.05) is 28.6 Å². The highest BCUT2D eigenvalue weighted by molar-refractivity contribution is 9.10. The van der Waals surface area contributed by atoms with Crippen LogP contribution in [0.25, 0.3) is 0 Å². The van der Waals surface area contributed by atoms with Crippen molar-refractivity contribution in [1.29, 1.82) is 0 Å². The molecule has 96 valence electrons. The van der Waals surface area contributed by atoms with Crippen LogP contribution in [-0.2, 0) is 0 Å². The van der Waals surface area contributed by atoms with Crippen molar-refractivity contribution >= 4 is 21.8 Å². The van der Waals surface area contributed by atoms with Crippen molar-refractivity contribution in [3.8, 4) is 0 Å². The first-order valence-electron chi connectivity index (χ1n) is 6.20. The molecule has 1 heterocycles. The topological polar surface area (TPSA) is 24.8 Å². The Bertz CT molecular complexity index is 439. The van der Waals surface area contributed by atoms with Crippen LogP contribution < -0.4 is 4.90 Å². The third-order valence-corrected chi connectivity index (χ3v) is 3.76. The van der Waals surface area contributed by atoms with Crippen LogP contribution in [0.3, 0.4) is 0 Å². The Morgan fingerprint density at radius 1 is 1.44 bits per heavy atom. The predicted octanol–water partition coefficient (Wildman–Crippen LogP) is 0.976. The number of halogens is 1. The van der Waals surface area contributed by atoms with E-state index >= 15 is 0 Å². The molecule has 0 radical (unpaired) electrons. The third-order valence-electron chi connectivity index (χ3n) is 3.26. The molecule has 0 spiro atoms. The van der Waals surface area contributed by atoms with Crippen LogP contribution in [0, 0.1) is 0 Å². The Morgan fingerprint density at radius 2 is 2.17 bits per heavy atom. The number of nitrogens with one attached hydrogen (secondary N) is 1. The van der Waals surface area contributed by atoms with Gasteiger partial charge in [-0.25, -0.2) is 0 Å². The molecule has 4 heteroatoms. The Morgan fingerprint density at radius 3 is 2.78 bits per heavy atom. The quantitative estimate of drug-likeness (QED) is 0.827. The van der Waals surface area contributed by atoms with Gasteiger partial charge in [0.05, 0.1) is 32.7 Å². The molecule has 18 heavy (non-hydrogen) atoms. The Hall–Kier alpha value is -1.13. The number of nitrogens with zero attached hydrogens (tertiary/aromatic N) is 1. The van der Waals surface area contributed by atoms with Crippen LogP contribution in [0.4, 0.5) is 0 Å². The van der Waals surface area contributed by atoms with E-state index in [1.807, 2.05) is 35.2 Å². The van der Waals surface area contributed by atoms with Crippen LogP contribution in [0.2, 0.25) is 0 Å². The van der Waals surface area contributed by atoms with Crippen molar-refractivity contribution in [3.63, 3.8) is 0 Å². The molecule has 0 saturated carbocycles. The van der Waals surface area contributed by atoms with Crippen LogP contribution >= 0.6 is 15.9 Å². The molecule has 2 rings (SSSR count). The Labute approximate surface area is 116 Å². The molecule has 1 aliphatic rings. The van der Waals surface area contributed by atoms with Crippen molar-refractivity contribution < 1.29 is 9.69 Å². The second-order valence-electron chi connectivity index (χ2n) is 4.55. The van der Waals surface area contributed by atoms with Gasteiger partial charge < -0.3 is 9.80 Å². The monoisotopic (exact) mass is 309 g/mol. The standard InChI is InChI=1S/C14H17BrN2O/c1-2-6-16-7-9-17(10-8-16)14(18)12-4-3-5-13(15)11-12/h2-5,11H,1,6-10H2/p+1. The van der Waals surface area contributed by atoms with Crippen molar-refractivity contribution in [2.24, 2.45) is 0 Å². The summed E-state index contributed by atoms with van der Waals surface area (Å²) in [6.45, 7) is 8.41. The lowest BCUT2D eigenvalue weighted by atomic mass is 10.2. The zero-order chi connectivity index (χ0) is 13.0. The summed E-state index contributed by atoms with van der Waals surface area (Å²) >= 11 is 3.40. The van der Waals surface area contributed by atoms with E-state index in [4.69, 9.17) is 0 Å². The first-order chi connectivity index (χ1) is 8.70. The largest absolute Gasteiger partial charge is 0.329 e. The van der Waals surface area contributed by atoms with Crippen molar-refractivity contribution in [1.82, 2.24) is 4.90 Å².